The molecule has 2 nitrogen and oxygen atoms in total. The molecule has 1 aromatic carbocycles. The minimum Gasteiger partial charge on any atom is -0.396 e. The van der Waals surface area contributed by atoms with Gasteiger partial charge in [-0.3, -0.25) is 0 Å². The first-order chi connectivity index (χ1) is 9.02. The van der Waals surface area contributed by atoms with Crippen molar-refractivity contribution in [1.29, 1.82) is 0 Å². The molecule has 0 bridgehead atoms. The van der Waals surface area contributed by atoms with E-state index < -0.39 is 0 Å². The smallest absolute Gasteiger partial charge is 0.0464 e. The van der Waals surface area contributed by atoms with Gasteiger partial charge >= 0.3 is 0 Å². The molecule has 0 aliphatic heterocycles. The summed E-state index contributed by atoms with van der Waals surface area (Å²) < 4.78 is 0. The topological polar surface area (TPSA) is 32.3 Å². The molecule has 1 unspecified atom stereocenters. The highest BCUT2D eigenvalue weighted by Crippen LogP contribution is 2.25. The molecular formula is C16H27NOS. The van der Waals surface area contributed by atoms with E-state index in [1.807, 2.05) is 11.8 Å². The molecule has 0 amide bonds. The number of benzene rings is 1. The summed E-state index contributed by atoms with van der Waals surface area (Å²) in [6.45, 7) is 11.0. The van der Waals surface area contributed by atoms with Gasteiger partial charge in [-0.25, -0.2) is 0 Å². The lowest BCUT2D eigenvalue weighted by Gasteiger charge is -2.12. The van der Waals surface area contributed by atoms with Crippen LogP contribution in [0.25, 0.3) is 0 Å². The standard InChI is InChI=1S/C16H27NOS/c1-12(2)8-17-9-15-5-6-16(14(4)7-15)19-11-13(3)10-18/h5-7,12-13,17-18H,8-11H2,1-4H3. The van der Waals surface area contributed by atoms with Crippen molar-refractivity contribution in [1.82, 2.24) is 5.32 Å². The van der Waals surface area contributed by atoms with Crippen molar-refractivity contribution in [2.24, 2.45) is 11.8 Å². The highest BCUT2D eigenvalue weighted by molar-refractivity contribution is 7.99. The fourth-order valence-corrected chi connectivity index (χ4v) is 2.79. The summed E-state index contributed by atoms with van der Waals surface area (Å²) in [6, 6.07) is 6.67. The van der Waals surface area contributed by atoms with Crippen LogP contribution < -0.4 is 5.32 Å². The average Bonchev–Trinajstić information content (AvgIpc) is 2.37. The lowest BCUT2D eigenvalue weighted by Crippen LogP contribution is -2.18. The number of hydrogen-bond donors (Lipinski definition) is 2. The van der Waals surface area contributed by atoms with E-state index in [0.29, 0.717) is 11.8 Å². The summed E-state index contributed by atoms with van der Waals surface area (Å²) in [5.41, 5.74) is 2.68. The number of nitrogens with one attached hydrogen (secondary N) is 1. The highest BCUT2D eigenvalue weighted by Gasteiger charge is 2.05. The fourth-order valence-electron chi connectivity index (χ4n) is 1.77. The summed E-state index contributed by atoms with van der Waals surface area (Å²) in [5.74, 6) is 2.02. The molecule has 1 rings (SSSR count). The van der Waals surface area contributed by atoms with E-state index >= 15 is 0 Å². The van der Waals surface area contributed by atoms with Gasteiger partial charge in [0.2, 0.25) is 0 Å². The molecule has 19 heavy (non-hydrogen) atoms. The number of rotatable bonds is 8. The molecule has 108 valence electrons. The second-order valence-corrected chi connectivity index (χ2v) is 6.79. The number of aliphatic hydroxyl groups is 1. The Kier molecular flexibility index (Phi) is 7.51. The summed E-state index contributed by atoms with van der Waals surface area (Å²) >= 11 is 1.84. The van der Waals surface area contributed by atoms with Crippen molar-refractivity contribution < 1.29 is 5.11 Å². The minimum atomic E-state index is 0.267. The van der Waals surface area contributed by atoms with Gasteiger partial charge < -0.3 is 10.4 Å². The first kappa shape index (κ1) is 16.5. The molecule has 0 aliphatic carbocycles. The molecule has 0 saturated carbocycles. The monoisotopic (exact) mass is 281 g/mol. The largest absolute Gasteiger partial charge is 0.396 e. The Morgan fingerprint density at radius 2 is 2.00 bits per heavy atom. The van der Waals surface area contributed by atoms with Crippen molar-refractivity contribution in [2.45, 2.75) is 39.1 Å². The Morgan fingerprint density at radius 3 is 2.58 bits per heavy atom. The summed E-state index contributed by atoms with van der Waals surface area (Å²) in [4.78, 5) is 1.33. The predicted molar refractivity (Wildman–Crippen MR) is 84.7 cm³/mol. The van der Waals surface area contributed by atoms with Crippen LogP contribution in [0, 0.1) is 18.8 Å². The van der Waals surface area contributed by atoms with Crippen LogP contribution in [0.2, 0.25) is 0 Å². The van der Waals surface area contributed by atoms with Gasteiger partial charge in [-0.2, -0.15) is 0 Å². The Balaban J connectivity index is 2.49. The molecule has 0 radical (unpaired) electrons. The average molecular weight is 281 g/mol. The first-order valence-corrected chi connectivity index (χ1v) is 8.05. The zero-order valence-corrected chi connectivity index (χ0v) is 13.4. The fraction of sp³-hybridized carbons (Fsp3) is 0.625. The zero-order valence-electron chi connectivity index (χ0n) is 12.6. The van der Waals surface area contributed by atoms with Gasteiger partial charge in [0, 0.05) is 23.8 Å². The van der Waals surface area contributed by atoms with Crippen molar-refractivity contribution >= 4 is 11.8 Å². The van der Waals surface area contributed by atoms with Crippen LogP contribution in [-0.2, 0) is 6.54 Å². The van der Waals surface area contributed by atoms with Gasteiger partial charge in [-0.1, -0.05) is 32.9 Å². The van der Waals surface area contributed by atoms with Crippen LogP contribution in [-0.4, -0.2) is 24.0 Å². The Bertz CT molecular complexity index is 379. The van der Waals surface area contributed by atoms with E-state index in [1.54, 1.807) is 0 Å². The summed E-state index contributed by atoms with van der Waals surface area (Å²) in [7, 11) is 0. The van der Waals surface area contributed by atoms with Crippen molar-refractivity contribution in [3.8, 4) is 0 Å². The van der Waals surface area contributed by atoms with E-state index in [2.05, 4.69) is 51.2 Å². The quantitative estimate of drug-likeness (QED) is 0.716. The maximum Gasteiger partial charge on any atom is 0.0464 e. The van der Waals surface area contributed by atoms with Crippen LogP contribution in [0.3, 0.4) is 0 Å². The molecule has 0 spiro atoms. The number of thioether (sulfide) groups is 1. The van der Waals surface area contributed by atoms with E-state index in [0.717, 1.165) is 18.8 Å². The molecular weight excluding hydrogens is 254 g/mol. The predicted octanol–water partition coefficient (Wildman–Crippen LogP) is 3.46. The van der Waals surface area contributed by atoms with Gasteiger partial charge in [0.15, 0.2) is 0 Å². The molecule has 0 fully saturated rings. The summed E-state index contributed by atoms with van der Waals surface area (Å²) in [6.07, 6.45) is 0. The molecule has 0 heterocycles. The maximum absolute atomic E-state index is 9.05. The maximum atomic E-state index is 9.05. The first-order valence-electron chi connectivity index (χ1n) is 7.06. The second kappa shape index (κ2) is 8.62. The van der Waals surface area contributed by atoms with E-state index in [-0.39, 0.29) is 6.61 Å². The van der Waals surface area contributed by atoms with Crippen LogP contribution in [0.15, 0.2) is 23.1 Å². The normalized spacial score (nSPS) is 12.9. The number of hydrogen-bond acceptors (Lipinski definition) is 3. The lowest BCUT2D eigenvalue weighted by molar-refractivity contribution is 0.250. The molecule has 3 heteroatoms. The molecule has 1 atom stereocenters. The SMILES string of the molecule is Cc1cc(CNCC(C)C)ccc1SCC(C)CO. The number of aliphatic hydroxyl groups excluding tert-OH is 1. The van der Waals surface area contributed by atoms with Gasteiger partial charge in [0.25, 0.3) is 0 Å². The Hall–Kier alpha value is -0.510. The van der Waals surface area contributed by atoms with Gasteiger partial charge in [-0.15, -0.1) is 11.8 Å². The van der Waals surface area contributed by atoms with E-state index in [1.165, 1.54) is 16.0 Å². The third kappa shape index (κ3) is 6.46. The Morgan fingerprint density at radius 1 is 1.26 bits per heavy atom. The highest BCUT2D eigenvalue weighted by atomic mass is 32.2. The lowest BCUT2D eigenvalue weighted by atomic mass is 10.1. The minimum absolute atomic E-state index is 0.267. The van der Waals surface area contributed by atoms with Gasteiger partial charge in [-0.05, 0) is 42.5 Å². The molecule has 0 aliphatic rings. The van der Waals surface area contributed by atoms with Gasteiger partial charge in [0.1, 0.15) is 0 Å². The molecule has 0 saturated heterocycles. The molecule has 2 N–H and O–H groups in total. The summed E-state index contributed by atoms with van der Waals surface area (Å²) in [5, 5.41) is 12.5. The third-order valence-electron chi connectivity index (χ3n) is 2.96. The van der Waals surface area contributed by atoms with Crippen molar-refractivity contribution in [3.63, 3.8) is 0 Å². The molecule has 0 aromatic heterocycles. The van der Waals surface area contributed by atoms with Crippen LogP contribution in [0.4, 0.5) is 0 Å². The van der Waals surface area contributed by atoms with Crippen molar-refractivity contribution in [3.05, 3.63) is 29.3 Å². The van der Waals surface area contributed by atoms with Crippen LogP contribution in [0.1, 0.15) is 31.9 Å². The molecule has 1 aromatic rings. The second-order valence-electron chi connectivity index (χ2n) is 5.72. The van der Waals surface area contributed by atoms with E-state index in [9.17, 15) is 0 Å². The van der Waals surface area contributed by atoms with Crippen LogP contribution in [0.5, 0.6) is 0 Å². The van der Waals surface area contributed by atoms with E-state index in [4.69, 9.17) is 5.11 Å². The number of aryl methyl sites for hydroxylation is 1. The zero-order chi connectivity index (χ0) is 14.3. The third-order valence-corrected chi connectivity index (χ3v) is 4.46. The van der Waals surface area contributed by atoms with Gasteiger partial charge in [0.05, 0.1) is 0 Å². The Labute approximate surface area is 122 Å². The van der Waals surface area contributed by atoms with Crippen LogP contribution >= 0.6 is 11.8 Å². The van der Waals surface area contributed by atoms with Crippen molar-refractivity contribution in [2.75, 3.05) is 18.9 Å².